The Hall–Kier alpha value is -0.450. The Morgan fingerprint density at radius 1 is 1.55 bits per heavy atom. The molecule has 0 bridgehead atoms. The lowest BCUT2D eigenvalue weighted by Gasteiger charge is -2.04. The molecule has 0 amide bonds. The van der Waals surface area contributed by atoms with E-state index >= 15 is 0 Å². The lowest BCUT2D eigenvalue weighted by Crippen LogP contribution is -1.91. The first-order valence-corrected chi connectivity index (χ1v) is 4.43. The van der Waals surface area contributed by atoms with Crippen LogP contribution < -0.4 is 4.74 Å². The topological polar surface area (TPSA) is 29.5 Å². The lowest BCUT2D eigenvalue weighted by atomic mass is 10.3. The number of hydrogen-bond donors (Lipinski definition) is 1. The van der Waals surface area contributed by atoms with E-state index in [9.17, 15) is 5.11 Å². The van der Waals surface area contributed by atoms with E-state index in [-0.39, 0.29) is 5.75 Å². The summed E-state index contributed by atoms with van der Waals surface area (Å²) in [5.41, 5.74) is 0. The molecule has 0 saturated carbocycles. The van der Waals surface area contributed by atoms with Crippen molar-refractivity contribution in [2.24, 2.45) is 0 Å². The SMILES string of the molecule is CCOc1cc(I)ccc1O. The molecule has 0 atom stereocenters. The van der Waals surface area contributed by atoms with Crippen molar-refractivity contribution in [2.45, 2.75) is 6.92 Å². The van der Waals surface area contributed by atoms with Crippen LogP contribution in [0.15, 0.2) is 18.2 Å². The molecule has 1 aromatic rings. The summed E-state index contributed by atoms with van der Waals surface area (Å²) in [7, 11) is 0. The third-order valence-corrected chi connectivity index (χ3v) is 1.89. The molecular formula is C8H9IO2. The third kappa shape index (κ3) is 2.25. The van der Waals surface area contributed by atoms with Gasteiger partial charge in [0.25, 0.3) is 0 Å². The quantitative estimate of drug-likeness (QED) is 0.831. The minimum Gasteiger partial charge on any atom is -0.504 e. The van der Waals surface area contributed by atoms with Crippen LogP contribution in [0.4, 0.5) is 0 Å². The maximum Gasteiger partial charge on any atom is 0.161 e. The molecule has 0 spiro atoms. The van der Waals surface area contributed by atoms with E-state index in [0.717, 1.165) is 3.57 Å². The van der Waals surface area contributed by atoms with Crippen molar-refractivity contribution in [1.82, 2.24) is 0 Å². The number of aromatic hydroxyl groups is 1. The fourth-order valence-corrected chi connectivity index (χ4v) is 1.22. The average molecular weight is 264 g/mol. The van der Waals surface area contributed by atoms with Crippen molar-refractivity contribution in [1.29, 1.82) is 0 Å². The van der Waals surface area contributed by atoms with Gasteiger partial charge in [-0.3, -0.25) is 0 Å². The van der Waals surface area contributed by atoms with Gasteiger partial charge in [-0.15, -0.1) is 0 Å². The van der Waals surface area contributed by atoms with Crippen LogP contribution >= 0.6 is 22.6 Å². The van der Waals surface area contributed by atoms with Gasteiger partial charge in [0.2, 0.25) is 0 Å². The summed E-state index contributed by atoms with van der Waals surface area (Å²) < 4.78 is 6.22. The molecule has 0 aliphatic rings. The first-order valence-electron chi connectivity index (χ1n) is 3.35. The summed E-state index contributed by atoms with van der Waals surface area (Å²) >= 11 is 2.17. The van der Waals surface area contributed by atoms with Gasteiger partial charge in [-0.05, 0) is 47.7 Å². The van der Waals surface area contributed by atoms with Crippen LogP contribution in [0.5, 0.6) is 11.5 Å². The molecule has 0 heterocycles. The highest BCUT2D eigenvalue weighted by Gasteiger charge is 2.00. The zero-order valence-corrected chi connectivity index (χ0v) is 8.33. The van der Waals surface area contributed by atoms with Crippen LogP contribution in [0.2, 0.25) is 0 Å². The van der Waals surface area contributed by atoms with E-state index < -0.39 is 0 Å². The molecule has 0 saturated heterocycles. The highest BCUT2D eigenvalue weighted by atomic mass is 127. The van der Waals surface area contributed by atoms with E-state index in [2.05, 4.69) is 22.6 Å². The highest BCUT2D eigenvalue weighted by Crippen LogP contribution is 2.27. The molecule has 60 valence electrons. The number of phenols is 1. The van der Waals surface area contributed by atoms with E-state index in [1.54, 1.807) is 12.1 Å². The van der Waals surface area contributed by atoms with Gasteiger partial charge in [0.15, 0.2) is 11.5 Å². The summed E-state index contributed by atoms with van der Waals surface area (Å²) in [6, 6.07) is 5.27. The highest BCUT2D eigenvalue weighted by molar-refractivity contribution is 14.1. The molecule has 0 radical (unpaired) electrons. The Kier molecular flexibility index (Phi) is 2.99. The van der Waals surface area contributed by atoms with Crippen molar-refractivity contribution in [2.75, 3.05) is 6.61 Å². The van der Waals surface area contributed by atoms with E-state index in [1.165, 1.54) is 0 Å². The van der Waals surface area contributed by atoms with Crippen molar-refractivity contribution < 1.29 is 9.84 Å². The molecule has 1 rings (SSSR count). The first kappa shape index (κ1) is 8.64. The van der Waals surface area contributed by atoms with Gasteiger partial charge >= 0.3 is 0 Å². The fraction of sp³-hybridized carbons (Fsp3) is 0.250. The minimum absolute atomic E-state index is 0.201. The van der Waals surface area contributed by atoms with Crippen molar-refractivity contribution >= 4 is 22.6 Å². The van der Waals surface area contributed by atoms with Crippen LogP contribution in [0.1, 0.15) is 6.92 Å². The zero-order chi connectivity index (χ0) is 8.27. The van der Waals surface area contributed by atoms with Gasteiger partial charge < -0.3 is 9.84 Å². The van der Waals surface area contributed by atoms with Crippen LogP contribution in [0, 0.1) is 3.57 Å². The molecule has 0 aliphatic heterocycles. The maximum absolute atomic E-state index is 9.24. The van der Waals surface area contributed by atoms with E-state index in [0.29, 0.717) is 12.4 Å². The summed E-state index contributed by atoms with van der Waals surface area (Å²) in [6.07, 6.45) is 0. The standard InChI is InChI=1S/C8H9IO2/c1-2-11-8-5-6(9)3-4-7(8)10/h3-5,10H,2H2,1H3. The number of phenolic OH excluding ortho intramolecular Hbond substituents is 1. The van der Waals surface area contributed by atoms with Crippen LogP contribution in [-0.2, 0) is 0 Å². The predicted octanol–water partition coefficient (Wildman–Crippen LogP) is 2.40. The van der Waals surface area contributed by atoms with Gasteiger partial charge in [0.05, 0.1) is 6.61 Å². The van der Waals surface area contributed by atoms with Gasteiger partial charge in [-0.1, -0.05) is 0 Å². The normalized spacial score (nSPS) is 9.64. The molecule has 1 aromatic carbocycles. The van der Waals surface area contributed by atoms with Gasteiger partial charge in [-0.25, -0.2) is 0 Å². The van der Waals surface area contributed by atoms with Crippen LogP contribution in [0.3, 0.4) is 0 Å². The molecule has 0 aromatic heterocycles. The summed E-state index contributed by atoms with van der Waals surface area (Å²) in [6.45, 7) is 2.47. The van der Waals surface area contributed by atoms with Gasteiger partial charge in [0.1, 0.15) is 0 Å². The Labute approximate surface area is 79.3 Å². The van der Waals surface area contributed by atoms with Gasteiger partial charge in [-0.2, -0.15) is 0 Å². The van der Waals surface area contributed by atoms with Gasteiger partial charge in [0, 0.05) is 3.57 Å². The average Bonchev–Trinajstić information content (AvgIpc) is 1.98. The van der Waals surface area contributed by atoms with Crippen molar-refractivity contribution in [3.05, 3.63) is 21.8 Å². The molecule has 2 nitrogen and oxygen atoms in total. The Morgan fingerprint density at radius 2 is 2.27 bits per heavy atom. The smallest absolute Gasteiger partial charge is 0.161 e. The largest absolute Gasteiger partial charge is 0.504 e. The number of ether oxygens (including phenoxy) is 1. The number of hydrogen-bond acceptors (Lipinski definition) is 2. The molecule has 0 aliphatic carbocycles. The third-order valence-electron chi connectivity index (χ3n) is 1.22. The Morgan fingerprint density at radius 3 is 2.91 bits per heavy atom. The molecule has 0 fully saturated rings. The molecule has 11 heavy (non-hydrogen) atoms. The predicted molar refractivity (Wildman–Crippen MR) is 52.0 cm³/mol. The number of rotatable bonds is 2. The van der Waals surface area contributed by atoms with Crippen molar-refractivity contribution in [3.8, 4) is 11.5 Å². The lowest BCUT2D eigenvalue weighted by molar-refractivity contribution is 0.318. The van der Waals surface area contributed by atoms with Crippen LogP contribution in [0.25, 0.3) is 0 Å². The monoisotopic (exact) mass is 264 g/mol. The zero-order valence-electron chi connectivity index (χ0n) is 6.17. The van der Waals surface area contributed by atoms with Crippen LogP contribution in [-0.4, -0.2) is 11.7 Å². The summed E-state index contributed by atoms with van der Waals surface area (Å²) in [5.74, 6) is 0.756. The summed E-state index contributed by atoms with van der Waals surface area (Å²) in [5, 5.41) is 9.24. The minimum atomic E-state index is 0.201. The summed E-state index contributed by atoms with van der Waals surface area (Å²) in [4.78, 5) is 0. The second kappa shape index (κ2) is 3.80. The Balaban J connectivity index is 2.93. The molecule has 0 unspecified atom stereocenters. The second-order valence-electron chi connectivity index (χ2n) is 2.05. The Bertz CT molecular complexity index is 248. The number of halogens is 1. The van der Waals surface area contributed by atoms with E-state index in [1.807, 2.05) is 13.0 Å². The first-order chi connectivity index (χ1) is 5.24. The molecular weight excluding hydrogens is 255 g/mol. The second-order valence-corrected chi connectivity index (χ2v) is 3.29. The van der Waals surface area contributed by atoms with E-state index in [4.69, 9.17) is 4.74 Å². The molecule has 3 heteroatoms. The maximum atomic E-state index is 9.24. The van der Waals surface area contributed by atoms with Crippen molar-refractivity contribution in [3.63, 3.8) is 0 Å². The fourth-order valence-electron chi connectivity index (χ4n) is 0.759. The number of benzene rings is 1. The molecule has 1 N–H and O–H groups in total.